The van der Waals surface area contributed by atoms with Crippen LogP contribution in [0.15, 0.2) is 12.1 Å². The zero-order chi connectivity index (χ0) is 11.9. The van der Waals surface area contributed by atoms with Gasteiger partial charge in [0.2, 0.25) is 0 Å². The standard InChI is InChI=1S/C13H17NO2/c1-8-4-12-9(6-13(2,3)16-12)5-10(8)11(15)7-14/h4-5H,6-7,14H2,1-3H3. The summed E-state index contributed by atoms with van der Waals surface area (Å²) in [5.74, 6) is 0.890. The van der Waals surface area contributed by atoms with Gasteiger partial charge in [0.1, 0.15) is 11.4 Å². The normalized spacial score (nSPS) is 16.8. The monoisotopic (exact) mass is 219 g/mol. The molecule has 86 valence electrons. The van der Waals surface area contributed by atoms with Crippen LogP contribution in [0.25, 0.3) is 0 Å². The van der Waals surface area contributed by atoms with Crippen LogP contribution in [0, 0.1) is 6.92 Å². The molecule has 1 aliphatic heterocycles. The number of carbonyl (C=O) groups is 1. The second-order valence-corrected chi connectivity index (χ2v) is 4.94. The summed E-state index contributed by atoms with van der Waals surface area (Å²) < 4.78 is 5.80. The molecular weight excluding hydrogens is 202 g/mol. The molecule has 0 unspecified atom stereocenters. The van der Waals surface area contributed by atoms with E-state index >= 15 is 0 Å². The van der Waals surface area contributed by atoms with Crippen molar-refractivity contribution in [3.8, 4) is 5.75 Å². The summed E-state index contributed by atoms with van der Waals surface area (Å²) in [6.45, 7) is 6.07. The molecule has 0 atom stereocenters. The molecule has 0 fully saturated rings. The lowest BCUT2D eigenvalue weighted by Crippen LogP contribution is -2.24. The highest BCUT2D eigenvalue weighted by Gasteiger charge is 2.30. The number of nitrogens with two attached hydrogens (primary N) is 1. The molecule has 1 aromatic carbocycles. The molecule has 2 rings (SSSR count). The number of aryl methyl sites for hydroxylation is 1. The molecule has 1 aromatic rings. The smallest absolute Gasteiger partial charge is 0.176 e. The molecule has 0 radical (unpaired) electrons. The average molecular weight is 219 g/mol. The van der Waals surface area contributed by atoms with Crippen molar-refractivity contribution in [2.24, 2.45) is 5.73 Å². The molecule has 0 spiro atoms. The van der Waals surface area contributed by atoms with E-state index < -0.39 is 0 Å². The molecule has 2 N–H and O–H groups in total. The first-order valence-electron chi connectivity index (χ1n) is 5.49. The predicted octanol–water partition coefficient (Wildman–Crippen LogP) is 1.85. The summed E-state index contributed by atoms with van der Waals surface area (Å²) in [6, 6.07) is 3.86. The number of hydrogen-bond acceptors (Lipinski definition) is 3. The van der Waals surface area contributed by atoms with Gasteiger partial charge in [0.05, 0.1) is 6.54 Å². The Hall–Kier alpha value is -1.35. The molecule has 3 heteroatoms. The molecule has 0 amide bonds. The molecule has 16 heavy (non-hydrogen) atoms. The van der Waals surface area contributed by atoms with Crippen LogP contribution in [0.2, 0.25) is 0 Å². The molecule has 0 bridgehead atoms. The zero-order valence-electron chi connectivity index (χ0n) is 9.96. The number of ketones is 1. The Morgan fingerprint density at radius 1 is 1.50 bits per heavy atom. The van der Waals surface area contributed by atoms with Gasteiger partial charge in [-0.2, -0.15) is 0 Å². The van der Waals surface area contributed by atoms with Crippen LogP contribution in [0.1, 0.15) is 35.3 Å². The van der Waals surface area contributed by atoms with Crippen molar-refractivity contribution in [2.75, 3.05) is 6.54 Å². The first-order valence-corrected chi connectivity index (χ1v) is 5.49. The van der Waals surface area contributed by atoms with E-state index in [4.69, 9.17) is 10.5 Å². The molecule has 1 aliphatic rings. The van der Waals surface area contributed by atoms with Crippen molar-refractivity contribution in [2.45, 2.75) is 32.8 Å². The first kappa shape index (κ1) is 11.1. The summed E-state index contributed by atoms with van der Waals surface area (Å²) in [4.78, 5) is 11.6. The van der Waals surface area contributed by atoms with Crippen LogP contribution in [-0.2, 0) is 6.42 Å². The van der Waals surface area contributed by atoms with Crippen molar-refractivity contribution >= 4 is 5.78 Å². The number of carbonyl (C=O) groups excluding carboxylic acids is 1. The maximum absolute atomic E-state index is 11.6. The van der Waals surface area contributed by atoms with Crippen LogP contribution < -0.4 is 10.5 Å². The lowest BCUT2D eigenvalue weighted by molar-refractivity contribution is 0.100. The lowest BCUT2D eigenvalue weighted by Gasteiger charge is -2.16. The quantitative estimate of drug-likeness (QED) is 0.772. The Kier molecular flexibility index (Phi) is 2.50. The Morgan fingerprint density at radius 2 is 2.19 bits per heavy atom. The van der Waals surface area contributed by atoms with Gasteiger partial charge in [-0.3, -0.25) is 4.79 Å². The molecule has 1 heterocycles. The Morgan fingerprint density at radius 3 is 2.81 bits per heavy atom. The molecule has 0 aromatic heterocycles. The lowest BCUT2D eigenvalue weighted by atomic mass is 9.96. The third-order valence-corrected chi connectivity index (χ3v) is 2.90. The van der Waals surface area contributed by atoms with Gasteiger partial charge in [-0.1, -0.05) is 0 Å². The SMILES string of the molecule is Cc1cc2c(cc1C(=O)CN)CC(C)(C)O2. The van der Waals surface area contributed by atoms with Gasteiger partial charge in [-0.05, 0) is 44.0 Å². The van der Waals surface area contributed by atoms with Gasteiger partial charge >= 0.3 is 0 Å². The zero-order valence-corrected chi connectivity index (χ0v) is 9.96. The second kappa shape index (κ2) is 3.59. The fraction of sp³-hybridized carbons (Fsp3) is 0.462. The van der Waals surface area contributed by atoms with Crippen molar-refractivity contribution in [1.82, 2.24) is 0 Å². The number of Topliss-reactive ketones (excluding diaryl/α,β-unsaturated/α-hetero) is 1. The van der Waals surface area contributed by atoms with Gasteiger partial charge < -0.3 is 10.5 Å². The predicted molar refractivity (Wildman–Crippen MR) is 63.0 cm³/mol. The summed E-state index contributed by atoms with van der Waals surface area (Å²) in [7, 11) is 0. The van der Waals surface area contributed by atoms with Gasteiger partial charge in [-0.25, -0.2) is 0 Å². The van der Waals surface area contributed by atoms with E-state index in [-0.39, 0.29) is 17.9 Å². The summed E-state index contributed by atoms with van der Waals surface area (Å²) in [6.07, 6.45) is 0.841. The third-order valence-electron chi connectivity index (χ3n) is 2.90. The molecule has 3 nitrogen and oxygen atoms in total. The fourth-order valence-corrected chi connectivity index (χ4v) is 2.16. The van der Waals surface area contributed by atoms with Crippen molar-refractivity contribution in [1.29, 1.82) is 0 Å². The summed E-state index contributed by atoms with van der Waals surface area (Å²) >= 11 is 0. The van der Waals surface area contributed by atoms with E-state index in [0.29, 0.717) is 0 Å². The van der Waals surface area contributed by atoms with Crippen LogP contribution in [0.5, 0.6) is 5.75 Å². The topological polar surface area (TPSA) is 52.3 Å². The van der Waals surface area contributed by atoms with Crippen molar-refractivity contribution in [3.63, 3.8) is 0 Å². The van der Waals surface area contributed by atoms with E-state index in [0.717, 1.165) is 28.9 Å². The van der Waals surface area contributed by atoms with E-state index in [1.165, 1.54) is 0 Å². The number of hydrogen-bond donors (Lipinski definition) is 1. The van der Waals surface area contributed by atoms with E-state index in [1.54, 1.807) is 0 Å². The highest BCUT2D eigenvalue weighted by Crippen LogP contribution is 2.36. The largest absolute Gasteiger partial charge is 0.487 e. The van der Waals surface area contributed by atoms with Crippen LogP contribution in [0.3, 0.4) is 0 Å². The minimum atomic E-state index is -0.168. The van der Waals surface area contributed by atoms with Gasteiger partial charge in [0.15, 0.2) is 5.78 Å². The first-order chi connectivity index (χ1) is 7.43. The minimum absolute atomic E-state index is 0.00925. The number of fused-ring (bicyclic) bond motifs is 1. The van der Waals surface area contributed by atoms with Gasteiger partial charge in [-0.15, -0.1) is 0 Å². The summed E-state index contributed by atoms with van der Waals surface area (Å²) in [5, 5.41) is 0. The second-order valence-electron chi connectivity index (χ2n) is 4.94. The number of benzene rings is 1. The third kappa shape index (κ3) is 1.83. The molecule has 0 saturated heterocycles. The Balaban J connectivity index is 2.45. The maximum Gasteiger partial charge on any atom is 0.176 e. The van der Waals surface area contributed by atoms with Crippen molar-refractivity contribution < 1.29 is 9.53 Å². The van der Waals surface area contributed by atoms with Crippen LogP contribution in [0.4, 0.5) is 0 Å². The highest BCUT2D eigenvalue weighted by atomic mass is 16.5. The molecule has 0 aliphatic carbocycles. The van der Waals surface area contributed by atoms with E-state index in [9.17, 15) is 4.79 Å². The maximum atomic E-state index is 11.6. The van der Waals surface area contributed by atoms with Gasteiger partial charge in [0, 0.05) is 12.0 Å². The van der Waals surface area contributed by atoms with E-state index in [1.807, 2.05) is 32.9 Å². The van der Waals surface area contributed by atoms with E-state index in [2.05, 4.69) is 0 Å². The van der Waals surface area contributed by atoms with Crippen LogP contribution >= 0.6 is 0 Å². The Labute approximate surface area is 95.6 Å². The number of ether oxygens (including phenoxy) is 1. The highest BCUT2D eigenvalue weighted by molar-refractivity contribution is 5.99. The van der Waals surface area contributed by atoms with Gasteiger partial charge in [0.25, 0.3) is 0 Å². The Bertz CT molecular complexity index is 449. The minimum Gasteiger partial charge on any atom is -0.487 e. The summed E-state index contributed by atoms with van der Waals surface area (Å²) in [5.41, 5.74) is 7.99. The fourth-order valence-electron chi connectivity index (χ4n) is 2.16. The molecule has 0 saturated carbocycles. The number of rotatable bonds is 2. The molecular formula is C13H17NO2. The van der Waals surface area contributed by atoms with Crippen molar-refractivity contribution in [3.05, 3.63) is 28.8 Å². The van der Waals surface area contributed by atoms with Crippen LogP contribution in [-0.4, -0.2) is 17.9 Å². The average Bonchev–Trinajstić information content (AvgIpc) is 2.48.